The van der Waals surface area contributed by atoms with Gasteiger partial charge in [0.05, 0.1) is 18.8 Å². The average Bonchev–Trinajstić information content (AvgIpc) is 2.15. The quantitative estimate of drug-likeness (QED) is 0.516. The lowest BCUT2D eigenvalue weighted by atomic mass is 9.98. The van der Waals surface area contributed by atoms with Gasteiger partial charge in [0.15, 0.2) is 5.54 Å². The molecule has 0 aliphatic heterocycles. The summed E-state index contributed by atoms with van der Waals surface area (Å²) in [6.45, 7) is 0.293. The van der Waals surface area contributed by atoms with Crippen molar-refractivity contribution in [2.75, 3.05) is 13.2 Å². The number of halogens is 3. The Morgan fingerprint density at radius 1 is 1.25 bits per heavy atom. The van der Waals surface area contributed by atoms with E-state index in [9.17, 15) is 18.0 Å². The molecular weight excluding hydrogens is 229 g/mol. The van der Waals surface area contributed by atoms with Crippen LogP contribution in [0.4, 0.5) is 13.2 Å². The van der Waals surface area contributed by atoms with E-state index in [-0.39, 0.29) is 0 Å². The number of rotatable bonds is 4. The van der Waals surface area contributed by atoms with Crippen LogP contribution in [0.3, 0.4) is 0 Å². The van der Waals surface area contributed by atoms with Crippen LogP contribution >= 0.6 is 0 Å². The van der Waals surface area contributed by atoms with Gasteiger partial charge in [-0.15, -0.1) is 0 Å². The number of hydrogen-bond acceptors (Lipinski definition) is 4. The zero-order chi connectivity index (χ0) is 13.2. The first-order valence-corrected chi connectivity index (χ1v) is 4.40. The van der Waals surface area contributed by atoms with Gasteiger partial charge in [-0.25, -0.2) is 0 Å². The maximum absolute atomic E-state index is 12.4. The number of nitrogens with one attached hydrogen (secondary N) is 1. The number of aliphatic hydroxyl groups is 2. The van der Waals surface area contributed by atoms with Gasteiger partial charge in [-0.3, -0.25) is 4.79 Å². The molecule has 1 amide bonds. The molecule has 0 saturated carbocycles. The molecule has 1 atom stereocenters. The molecule has 1 unspecified atom stereocenters. The Morgan fingerprint density at radius 3 is 1.88 bits per heavy atom. The van der Waals surface area contributed by atoms with Crippen LogP contribution in [0.25, 0.3) is 0 Å². The summed E-state index contributed by atoms with van der Waals surface area (Å²) in [6, 6.07) is 0. The Balaban J connectivity index is 4.84. The van der Waals surface area contributed by atoms with E-state index in [1.54, 1.807) is 0 Å². The van der Waals surface area contributed by atoms with E-state index in [0.717, 1.165) is 0 Å². The van der Waals surface area contributed by atoms with Crippen molar-refractivity contribution in [1.82, 2.24) is 5.32 Å². The zero-order valence-corrected chi connectivity index (χ0v) is 8.93. The summed E-state index contributed by atoms with van der Waals surface area (Å²) >= 11 is 0. The topological polar surface area (TPSA) is 95.6 Å². The van der Waals surface area contributed by atoms with Gasteiger partial charge in [0.2, 0.25) is 5.91 Å². The third-order valence-corrected chi connectivity index (χ3v) is 2.17. The lowest BCUT2D eigenvalue weighted by molar-refractivity contribution is -0.188. The maximum Gasteiger partial charge on any atom is 0.415 e. The number of alkyl halides is 3. The average molecular weight is 244 g/mol. The highest BCUT2D eigenvalue weighted by Crippen LogP contribution is 2.28. The predicted octanol–water partition coefficient (Wildman–Crippen LogP) is -0.874. The van der Waals surface area contributed by atoms with Gasteiger partial charge < -0.3 is 21.3 Å². The SMILES string of the molecule is CC(CO)(CO)NC(=O)C(C)(N)C(F)(F)F. The molecule has 5 N–H and O–H groups in total. The molecule has 0 aromatic heterocycles. The minimum absolute atomic E-state index is 0.511. The van der Waals surface area contributed by atoms with E-state index in [1.165, 1.54) is 6.92 Å². The number of aliphatic hydroxyl groups excluding tert-OH is 2. The second kappa shape index (κ2) is 4.56. The van der Waals surface area contributed by atoms with Crippen molar-refractivity contribution in [2.45, 2.75) is 31.1 Å². The van der Waals surface area contributed by atoms with E-state index in [4.69, 9.17) is 15.9 Å². The van der Waals surface area contributed by atoms with E-state index in [1.807, 2.05) is 5.32 Å². The zero-order valence-electron chi connectivity index (χ0n) is 8.93. The number of carbonyl (C=O) groups is 1. The van der Waals surface area contributed by atoms with E-state index < -0.39 is 36.4 Å². The van der Waals surface area contributed by atoms with Gasteiger partial charge in [0.25, 0.3) is 0 Å². The monoisotopic (exact) mass is 244 g/mol. The van der Waals surface area contributed by atoms with Gasteiger partial charge in [-0.1, -0.05) is 0 Å². The van der Waals surface area contributed by atoms with Crippen LogP contribution in [0.5, 0.6) is 0 Å². The molecule has 16 heavy (non-hydrogen) atoms. The van der Waals surface area contributed by atoms with Gasteiger partial charge in [0, 0.05) is 0 Å². The molecule has 0 aliphatic carbocycles. The maximum atomic E-state index is 12.4. The van der Waals surface area contributed by atoms with Crippen molar-refractivity contribution in [3.05, 3.63) is 0 Å². The van der Waals surface area contributed by atoms with Crippen LogP contribution < -0.4 is 11.1 Å². The fraction of sp³-hybridized carbons (Fsp3) is 0.875. The van der Waals surface area contributed by atoms with Gasteiger partial charge in [-0.05, 0) is 13.8 Å². The molecule has 0 heterocycles. The Labute approximate surface area is 90.4 Å². The van der Waals surface area contributed by atoms with Crippen LogP contribution in [0.1, 0.15) is 13.8 Å². The van der Waals surface area contributed by atoms with E-state index in [2.05, 4.69) is 0 Å². The molecule has 0 radical (unpaired) electrons. The molecule has 8 heteroatoms. The summed E-state index contributed by atoms with van der Waals surface area (Å²) in [4.78, 5) is 11.3. The van der Waals surface area contributed by atoms with Crippen molar-refractivity contribution in [3.8, 4) is 0 Å². The first-order valence-electron chi connectivity index (χ1n) is 4.40. The molecule has 5 nitrogen and oxygen atoms in total. The highest BCUT2D eigenvalue weighted by molar-refractivity contribution is 5.87. The van der Waals surface area contributed by atoms with Crippen LogP contribution in [0.15, 0.2) is 0 Å². The fourth-order valence-corrected chi connectivity index (χ4v) is 0.662. The van der Waals surface area contributed by atoms with Crippen molar-refractivity contribution < 1.29 is 28.2 Å². The smallest absolute Gasteiger partial charge is 0.394 e. The second-order valence-corrected chi connectivity index (χ2v) is 4.03. The molecule has 0 spiro atoms. The lowest BCUT2D eigenvalue weighted by Gasteiger charge is -2.32. The van der Waals surface area contributed by atoms with E-state index in [0.29, 0.717) is 6.92 Å². The van der Waals surface area contributed by atoms with Crippen LogP contribution in [0.2, 0.25) is 0 Å². The van der Waals surface area contributed by atoms with Crippen LogP contribution in [0, 0.1) is 0 Å². The fourth-order valence-electron chi connectivity index (χ4n) is 0.662. The number of hydrogen-bond donors (Lipinski definition) is 4. The summed E-state index contributed by atoms with van der Waals surface area (Å²) in [5.41, 5.74) is 0.244. The van der Waals surface area contributed by atoms with E-state index >= 15 is 0 Å². The molecule has 0 aromatic rings. The molecule has 0 rings (SSSR count). The molecule has 96 valence electrons. The van der Waals surface area contributed by atoms with Gasteiger partial charge in [-0.2, -0.15) is 13.2 Å². The number of carbonyl (C=O) groups excluding carboxylic acids is 1. The molecule has 0 saturated heterocycles. The van der Waals surface area contributed by atoms with Crippen molar-refractivity contribution >= 4 is 5.91 Å². The predicted molar refractivity (Wildman–Crippen MR) is 49.4 cm³/mol. The normalized spacial score (nSPS) is 16.8. The number of amides is 1. The molecule has 0 bridgehead atoms. The van der Waals surface area contributed by atoms with Crippen LogP contribution in [-0.4, -0.2) is 46.6 Å². The molecule has 0 aromatic carbocycles. The summed E-state index contributed by atoms with van der Waals surface area (Å²) in [5, 5.41) is 19.5. The Kier molecular flexibility index (Phi) is 4.31. The Bertz CT molecular complexity index is 262. The standard InChI is InChI=1S/C8H15F3N2O3/c1-6(3-14,4-15)13-5(16)7(2,12)8(9,10)11/h14-15H,3-4,12H2,1-2H3,(H,13,16). The van der Waals surface area contributed by atoms with Crippen LogP contribution in [-0.2, 0) is 4.79 Å². The van der Waals surface area contributed by atoms with Crippen molar-refractivity contribution in [2.24, 2.45) is 5.73 Å². The number of nitrogens with two attached hydrogens (primary N) is 1. The van der Waals surface area contributed by atoms with Gasteiger partial charge >= 0.3 is 6.18 Å². The van der Waals surface area contributed by atoms with Crippen molar-refractivity contribution in [3.63, 3.8) is 0 Å². The summed E-state index contributed by atoms with van der Waals surface area (Å²) < 4.78 is 37.1. The van der Waals surface area contributed by atoms with Crippen molar-refractivity contribution in [1.29, 1.82) is 0 Å². The minimum Gasteiger partial charge on any atom is -0.394 e. The summed E-state index contributed by atoms with van der Waals surface area (Å²) in [6.07, 6.45) is -4.91. The third kappa shape index (κ3) is 3.06. The minimum atomic E-state index is -4.91. The first-order chi connectivity index (χ1) is 7.00. The lowest BCUT2D eigenvalue weighted by Crippen LogP contribution is -2.66. The largest absolute Gasteiger partial charge is 0.415 e. The summed E-state index contributed by atoms with van der Waals surface area (Å²) in [5.74, 6) is -1.51. The molecule has 0 aliphatic rings. The Morgan fingerprint density at radius 2 is 1.62 bits per heavy atom. The molecular formula is C8H15F3N2O3. The highest BCUT2D eigenvalue weighted by atomic mass is 19.4. The second-order valence-electron chi connectivity index (χ2n) is 4.03. The third-order valence-electron chi connectivity index (χ3n) is 2.17. The molecule has 0 fully saturated rings. The first kappa shape index (κ1) is 15.1. The Hall–Kier alpha value is -0.860. The summed E-state index contributed by atoms with van der Waals surface area (Å²) in [7, 11) is 0. The van der Waals surface area contributed by atoms with Gasteiger partial charge in [0.1, 0.15) is 0 Å². The highest BCUT2D eigenvalue weighted by Gasteiger charge is 2.54.